The number of rotatable bonds is 3. The van der Waals surface area contributed by atoms with Gasteiger partial charge in [-0.15, -0.1) is 0 Å². The van der Waals surface area contributed by atoms with Gasteiger partial charge in [0.15, 0.2) is 6.61 Å². The Balaban J connectivity index is 1.59. The van der Waals surface area contributed by atoms with E-state index in [1.165, 1.54) is 0 Å². The molecule has 0 aliphatic carbocycles. The molecule has 2 aromatic carbocycles. The molecule has 7 nitrogen and oxygen atoms in total. The maximum Gasteiger partial charge on any atom is 0.290 e. The van der Waals surface area contributed by atoms with Crippen LogP contribution < -0.4 is 19.7 Å². The van der Waals surface area contributed by atoms with Gasteiger partial charge in [0.25, 0.3) is 17.1 Å². The average molecular weight is 420 g/mol. The van der Waals surface area contributed by atoms with Crippen LogP contribution in [-0.2, 0) is 9.59 Å². The monoisotopic (exact) mass is 420 g/mol. The SMILES string of the molecule is COc1ccc(/C=C2/SC(=O)NC2=O)cc1C#CCN1C(=O)COc2ccccc21. The van der Waals surface area contributed by atoms with Crippen molar-refractivity contribution < 1.29 is 23.9 Å². The van der Waals surface area contributed by atoms with Crippen LogP contribution in [-0.4, -0.2) is 37.3 Å². The van der Waals surface area contributed by atoms with Crippen LogP contribution in [0.4, 0.5) is 10.5 Å². The average Bonchev–Trinajstić information content (AvgIpc) is 3.06. The van der Waals surface area contributed by atoms with Gasteiger partial charge in [0, 0.05) is 0 Å². The normalized spacial score (nSPS) is 16.5. The van der Waals surface area contributed by atoms with Crippen molar-refractivity contribution in [2.45, 2.75) is 0 Å². The number of carbonyl (C=O) groups is 3. The van der Waals surface area contributed by atoms with E-state index in [1.54, 1.807) is 36.3 Å². The molecule has 2 aliphatic rings. The van der Waals surface area contributed by atoms with Gasteiger partial charge >= 0.3 is 0 Å². The lowest BCUT2D eigenvalue weighted by Gasteiger charge is -2.27. The minimum absolute atomic E-state index is 0.0243. The van der Waals surface area contributed by atoms with Gasteiger partial charge in [-0.3, -0.25) is 24.6 Å². The quantitative estimate of drug-likeness (QED) is 0.607. The first-order valence-electron chi connectivity index (χ1n) is 8.99. The summed E-state index contributed by atoms with van der Waals surface area (Å²) in [4.78, 5) is 37.2. The van der Waals surface area contributed by atoms with Crippen LogP contribution in [0.1, 0.15) is 11.1 Å². The molecule has 0 saturated carbocycles. The van der Waals surface area contributed by atoms with Gasteiger partial charge in [-0.1, -0.05) is 30.0 Å². The summed E-state index contributed by atoms with van der Waals surface area (Å²) in [5.41, 5.74) is 2.00. The Morgan fingerprint density at radius 1 is 1.23 bits per heavy atom. The maximum atomic E-state index is 12.3. The van der Waals surface area contributed by atoms with Crippen molar-refractivity contribution in [3.05, 3.63) is 58.5 Å². The summed E-state index contributed by atoms with van der Waals surface area (Å²) >= 11 is 0.853. The third-order valence-corrected chi connectivity index (χ3v) is 5.24. The highest BCUT2D eigenvalue weighted by atomic mass is 32.2. The molecule has 2 heterocycles. The number of imide groups is 1. The number of thioether (sulfide) groups is 1. The zero-order valence-electron chi connectivity index (χ0n) is 15.9. The number of carbonyl (C=O) groups excluding carboxylic acids is 3. The number of anilines is 1. The second kappa shape index (κ2) is 8.35. The molecule has 0 aromatic heterocycles. The summed E-state index contributed by atoms with van der Waals surface area (Å²) in [6, 6.07) is 12.6. The van der Waals surface area contributed by atoms with Gasteiger partial charge in [0.2, 0.25) is 0 Å². The standard InChI is InChI=1S/C22H16N2O5S/c1-28-17-9-8-14(12-19-21(26)23-22(27)30-19)11-15(17)5-4-10-24-16-6-2-3-7-18(16)29-13-20(24)25/h2-3,6-9,11-12H,10,13H2,1H3,(H,23,26,27)/b19-12+. The van der Waals surface area contributed by atoms with Crippen LogP contribution in [0.2, 0.25) is 0 Å². The molecule has 3 amide bonds. The summed E-state index contributed by atoms with van der Waals surface area (Å²) in [6.45, 7) is 0.171. The minimum atomic E-state index is -0.419. The number of hydrogen-bond donors (Lipinski definition) is 1. The fraction of sp³-hybridized carbons (Fsp3) is 0.136. The minimum Gasteiger partial charge on any atom is -0.495 e. The number of benzene rings is 2. The fourth-order valence-corrected chi connectivity index (χ4v) is 3.71. The van der Waals surface area contributed by atoms with Gasteiger partial charge in [-0.2, -0.15) is 0 Å². The molecule has 1 N–H and O–H groups in total. The molecule has 0 radical (unpaired) electrons. The first kappa shape index (κ1) is 19.6. The lowest BCUT2D eigenvalue weighted by molar-refractivity contribution is -0.121. The van der Waals surface area contributed by atoms with Crippen LogP contribution in [0, 0.1) is 11.8 Å². The lowest BCUT2D eigenvalue weighted by Crippen LogP contribution is -2.38. The number of hydrogen-bond acceptors (Lipinski definition) is 6. The van der Waals surface area contributed by atoms with E-state index in [9.17, 15) is 14.4 Å². The molecule has 4 rings (SSSR count). The van der Waals surface area contributed by atoms with Crippen molar-refractivity contribution >= 4 is 40.6 Å². The topological polar surface area (TPSA) is 84.9 Å². The summed E-state index contributed by atoms with van der Waals surface area (Å²) in [5, 5.41) is 1.83. The Morgan fingerprint density at radius 2 is 2.07 bits per heavy atom. The van der Waals surface area contributed by atoms with E-state index in [0.717, 1.165) is 11.8 Å². The van der Waals surface area contributed by atoms with Crippen molar-refractivity contribution in [1.29, 1.82) is 0 Å². The molecule has 0 spiro atoms. The van der Waals surface area contributed by atoms with Gasteiger partial charge in [0.1, 0.15) is 11.5 Å². The predicted octanol–water partition coefficient (Wildman–Crippen LogP) is 2.80. The zero-order valence-corrected chi connectivity index (χ0v) is 16.7. The van der Waals surface area contributed by atoms with Crippen molar-refractivity contribution in [2.75, 3.05) is 25.2 Å². The van der Waals surface area contributed by atoms with Gasteiger partial charge in [-0.05, 0) is 47.7 Å². The molecule has 150 valence electrons. The van der Waals surface area contributed by atoms with E-state index in [4.69, 9.17) is 9.47 Å². The van der Waals surface area contributed by atoms with Crippen molar-refractivity contribution in [2.24, 2.45) is 0 Å². The van der Waals surface area contributed by atoms with E-state index < -0.39 is 11.1 Å². The van der Waals surface area contributed by atoms with Crippen LogP contribution >= 0.6 is 11.8 Å². The Morgan fingerprint density at radius 3 is 2.83 bits per heavy atom. The number of amides is 3. The Labute approximate surface area is 177 Å². The molecular formula is C22H16N2O5S. The van der Waals surface area contributed by atoms with E-state index in [-0.39, 0.29) is 19.1 Å². The molecule has 0 unspecified atom stereocenters. The number of nitrogens with zero attached hydrogens (tertiary/aromatic N) is 1. The van der Waals surface area contributed by atoms with Crippen molar-refractivity contribution in [3.8, 4) is 23.3 Å². The first-order valence-corrected chi connectivity index (χ1v) is 9.81. The fourth-order valence-electron chi connectivity index (χ4n) is 3.03. The third kappa shape index (κ3) is 4.02. The lowest BCUT2D eigenvalue weighted by atomic mass is 10.1. The van der Waals surface area contributed by atoms with Gasteiger partial charge in [-0.25, -0.2) is 0 Å². The van der Waals surface area contributed by atoms with Crippen LogP contribution in [0.15, 0.2) is 47.4 Å². The van der Waals surface area contributed by atoms with E-state index in [0.29, 0.717) is 33.2 Å². The largest absolute Gasteiger partial charge is 0.495 e. The molecule has 0 atom stereocenters. The highest BCUT2D eigenvalue weighted by Gasteiger charge is 2.25. The highest BCUT2D eigenvalue weighted by molar-refractivity contribution is 8.18. The predicted molar refractivity (Wildman–Crippen MR) is 113 cm³/mol. The Bertz CT molecular complexity index is 1150. The molecule has 0 bridgehead atoms. The number of ether oxygens (including phenoxy) is 2. The summed E-state index contributed by atoms with van der Waals surface area (Å²) in [5.74, 6) is 6.68. The molecule has 1 saturated heterocycles. The molecule has 1 fully saturated rings. The second-order valence-electron chi connectivity index (χ2n) is 6.35. The Hall–Kier alpha value is -3.70. The Kier molecular flexibility index (Phi) is 5.46. The molecular weight excluding hydrogens is 404 g/mol. The van der Waals surface area contributed by atoms with E-state index in [1.807, 2.05) is 24.3 Å². The van der Waals surface area contributed by atoms with E-state index >= 15 is 0 Å². The number of methoxy groups -OCH3 is 1. The van der Waals surface area contributed by atoms with Crippen LogP contribution in [0.5, 0.6) is 11.5 Å². The van der Waals surface area contributed by atoms with Gasteiger partial charge < -0.3 is 9.47 Å². The molecule has 2 aliphatic heterocycles. The number of para-hydroxylation sites is 2. The summed E-state index contributed by atoms with van der Waals surface area (Å²) < 4.78 is 10.8. The van der Waals surface area contributed by atoms with Gasteiger partial charge in [0.05, 0.1) is 29.8 Å². The first-order chi connectivity index (χ1) is 14.5. The van der Waals surface area contributed by atoms with Crippen LogP contribution in [0.25, 0.3) is 6.08 Å². The van der Waals surface area contributed by atoms with Crippen LogP contribution in [0.3, 0.4) is 0 Å². The van der Waals surface area contributed by atoms with Crippen molar-refractivity contribution in [3.63, 3.8) is 0 Å². The molecule has 2 aromatic rings. The van der Waals surface area contributed by atoms with E-state index in [2.05, 4.69) is 17.2 Å². The number of nitrogens with one attached hydrogen (secondary N) is 1. The smallest absolute Gasteiger partial charge is 0.290 e. The molecule has 8 heteroatoms. The number of fused-ring (bicyclic) bond motifs is 1. The summed E-state index contributed by atoms with van der Waals surface area (Å²) in [6.07, 6.45) is 1.62. The third-order valence-electron chi connectivity index (χ3n) is 4.43. The summed E-state index contributed by atoms with van der Waals surface area (Å²) in [7, 11) is 1.54. The van der Waals surface area contributed by atoms with Crippen molar-refractivity contribution in [1.82, 2.24) is 5.32 Å². The highest BCUT2D eigenvalue weighted by Crippen LogP contribution is 2.31. The zero-order chi connectivity index (χ0) is 21.1. The molecule has 30 heavy (non-hydrogen) atoms. The maximum absolute atomic E-state index is 12.3. The second-order valence-corrected chi connectivity index (χ2v) is 7.36.